The minimum absolute atomic E-state index is 0.00113. The number of nitrogen functional groups attached to an aromatic ring is 1. The second-order valence-electron chi connectivity index (χ2n) is 8.76. The highest BCUT2D eigenvalue weighted by Crippen LogP contribution is 2.26. The highest BCUT2D eigenvalue weighted by molar-refractivity contribution is 8.09. The molecule has 9 nitrogen and oxygen atoms in total. The number of anilines is 2. The van der Waals surface area contributed by atoms with Crippen molar-refractivity contribution in [3.63, 3.8) is 0 Å². The van der Waals surface area contributed by atoms with E-state index in [4.69, 9.17) is 5.73 Å². The number of amides is 1. The summed E-state index contributed by atoms with van der Waals surface area (Å²) < 4.78 is 48.3. The second kappa shape index (κ2) is 10.3. The van der Waals surface area contributed by atoms with E-state index in [2.05, 4.69) is 4.90 Å². The Morgan fingerprint density at radius 1 is 1.00 bits per heavy atom. The molecule has 3 rings (SSSR count). The monoisotopic (exact) mass is 508 g/mol. The molecular formula is C23H32N4O5S2. The zero-order chi connectivity index (χ0) is 25.1. The summed E-state index contributed by atoms with van der Waals surface area (Å²) in [6, 6.07) is 13.3. The molecular weight excluding hydrogens is 476 g/mol. The Labute approximate surface area is 202 Å². The standard InChI is InChI=1S/C23H32N4O5S2/c1-25(22(17-26-13-4-5-14-26)19-7-6-8-20(24)16-19)23(28)15-18-9-11-21(12-10-18)27(33(2,29)30)34(3,31)32/h6-12,16,22H,4-5,13-15,17,24H2,1-3H3/t22-/m1/s1. The zero-order valence-corrected chi connectivity index (χ0v) is 21.3. The lowest BCUT2D eigenvalue weighted by molar-refractivity contribution is -0.131. The molecule has 1 saturated heterocycles. The summed E-state index contributed by atoms with van der Waals surface area (Å²) in [5, 5.41) is 0. The van der Waals surface area contributed by atoms with Gasteiger partial charge in [-0.05, 0) is 61.3 Å². The Bertz CT molecular complexity index is 1190. The highest BCUT2D eigenvalue weighted by Gasteiger charge is 2.28. The van der Waals surface area contributed by atoms with Gasteiger partial charge in [0.15, 0.2) is 0 Å². The quantitative estimate of drug-likeness (QED) is 0.513. The normalized spacial score (nSPS) is 15.7. The second-order valence-corrected chi connectivity index (χ2v) is 12.7. The van der Waals surface area contributed by atoms with Gasteiger partial charge in [0.2, 0.25) is 26.0 Å². The summed E-state index contributed by atoms with van der Waals surface area (Å²) >= 11 is 0. The van der Waals surface area contributed by atoms with Crippen molar-refractivity contribution in [1.82, 2.24) is 9.80 Å². The lowest BCUT2D eigenvalue weighted by Crippen LogP contribution is -2.39. The van der Waals surface area contributed by atoms with Crippen LogP contribution in [0, 0.1) is 0 Å². The molecule has 0 spiro atoms. The average Bonchev–Trinajstić information content (AvgIpc) is 3.24. The van der Waals surface area contributed by atoms with Crippen molar-refractivity contribution in [2.24, 2.45) is 0 Å². The third-order valence-corrected chi connectivity index (χ3v) is 9.14. The van der Waals surface area contributed by atoms with Crippen LogP contribution in [-0.2, 0) is 31.3 Å². The maximum Gasteiger partial charge on any atom is 0.245 e. The Morgan fingerprint density at radius 3 is 2.12 bits per heavy atom. The van der Waals surface area contributed by atoms with Crippen molar-refractivity contribution in [2.75, 3.05) is 48.6 Å². The van der Waals surface area contributed by atoms with Crippen LogP contribution < -0.4 is 9.44 Å². The van der Waals surface area contributed by atoms with Crippen molar-refractivity contribution >= 4 is 37.3 Å². The van der Waals surface area contributed by atoms with Crippen LogP contribution in [0.25, 0.3) is 0 Å². The lowest BCUT2D eigenvalue weighted by Gasteiger charge is -2.32. The Kier molecular flexibility index (Phi) is 7.89. The predicted molar refractivity (Wildman–Crippen MR) is 134 cm³/mol. The number of rotatable bonds is 9. The van der Waals surface area contributed by atoms with E-state index < -0.39 is 20.0 Å². The summed E-state index contributed by atoms with van der Waals surface area (Å²) in [5.74, 6) is -0.109. The molecule has 1 atom stereocenters. The molecule has 186 valence electrons. The van der Waals surface area contributed by atoms with Crippen LogP contribution in [0.5, 0.6) is 0 Å². The van der Waals surface area contributed by atoms with Crippen molar-refractivity contribution in [1.29, 1.82) is 0 Å². The number of hydrogen-bond donors (Lipinski definition) is 1. The number of sulfonamides is 2. The third kappa shape index (κ3) is 6.49. The molecule has 11 heteroatoms. The zero-order valence-electron chi connectivity index (χ0n) is 19.7. The van der Waals surface area contributed by atoms with Gasteiger partial charge in [-0.1, -0.05) is 24.3 Å². The molecule has 0 saturated carbocycles. The summed E-state index contributed by atoms with van der Waals surface area (Å²) in [4.78, 5) is 17.3. The molecule has 0 aliphatic carbocycles. The molecule has 1 heterocycles. The Hall–Kier alpha value is -2.63. The van der Waals surface area contributed by atoms with Gasteiger partial charge in [-0.25, -0.2) is 16.8 Å². The number of nitrogens with zero attached hydrogens (tertiary/aromatic N) is 3. The van der Waals surface area contributed by atoms with Crippen LogP contribution in [-0.4, -0.2) is 71.7 Å². The van der Waals surface area contributed by atoms with Gasteiger partial charge in [0, 0.05) is 19.3 Å². The number of nitrogens with two attached hydrogens (primary N) is 1. The van der Waals surface area contributed by atoms with Gasteiger partial charge in [-0.2, -0.15) is 3.71 Å². The fraction of sp³-hybridized carbons (Fsp3) is 0.435. The highest BCUT2D eigenvalue weighted by atomic mass is 32.3. The molecule has 34 heavy (non-hydrogen) atoms. The molecule has 1 amide bonds. The molecule has 1 fully saturated rings. The van der Waals surface area contributed by atoms with E-state index in [1.807, 2.05) is 24.3 Å². The van der Waals surface area contributed by atoms with Gasteiger partial charge >= 0.3 is 0 Å². The number of likely N-dealkylation sites (tertiary alicyclic amines) is 1. The molecule has 0 aromatic heterocycles. The van der Waals surface area contributed by atoms with Gasteiger partial charge < -0.3 is 15.5 Å². The van der Waals surface area contributed by atoms with Crippen molar-refractivity contribution < 1.29 is 21.6 Å². The summed E-state index contributed by atoms with van der Waals surface area (Å²) in [5.41, 5.74) is 8.25. The van der Waals surface area contributed by atoms with Crippen LogP contribution in [0.2, 0.25) is 0 Å². The fourth-order valence-electron chi connectivity index (χ4n) is 4.27. The summed E-state index contributed by atoms with van der Waals surface area (Å²) in [6.07, 6.45) is 4.04. The maximum absolute atomic E-state index is 13.2. The van der Waals surface area contributed by atoms with Crippen LogP contribution >= 0.6 is 0 Å². The van der Waals surface area contributed by atoms with Crippen molar-refractivity contribution in [3.8, 4) is 0 Å². The van der Waals surface area contributed by atoms with Gasteiger partial charge in [0.05, 0.1) is 30.7 Å². The first-order valence-electron chi connectivity index (χ1n) is 11.0. The molecule has 2 aromatic carbocycles. The van der Waals surface area contributed by atoms with Crippen LogP contribution in [0.1, 0.15) is 30.0 Å². The van der Waals surface area contributed by atoms with Gasteiger partial charge in [-0.15, -0.1) is 0 Å². The first-order valence-corrected chi connectivity index (χ1v) is 14.7. The van der Waals surface area contributed by atoms with E-state index in [-0.39, 0.29) is 24.1 Å². The van der Waals surface area contributed by atoms with E-state index in [9.17, 15) is 21.6 Å². The number of carbonyl (C=O) groups excluding carboxylic acids is 1. The average molecular weight is 509 g/mol. The van der Waals surface area contributed by atoms with Gasteiger partial charge in [-0.3, -0.25) is 4.79 Å². The van der Waals surface area contributed by atoms with Gasteiger partial charge in [0.25, 0.3) is 0 Å². The van der Waals surface area contributed by atoms with Crippen LogP contribution in [0.4, 0.5) is 11.4 Å². The van der Waals surface area contributed by atoms with Crippen molar-refractivity contribution in [3.05, 3.63) is 59.7 Å². The molecule has 0 unspecified atom stereocenters. The molecule has 2 aromatic rings. The van der Waals surface area contributed by atoms with E-state index in [0.29, 0.717) is 21.5 Å². The maximum atomic E-state index is 13.2. The Balaban J connectivity index is 1.79. The third-order valence-electron chi connectivity index (χ3n) is 5.89. The van der Waals surface area contributed by atoms with E-state index in [1.165, 1.54) is 12.1 Å². The molecule has 0 bridgehead atoms. The largest absolute Gasteiger partial charge is 0.399 e. The molecule has 2 N–H and O–H groups in total. The first kappa shape index (κ1) is 26.0. The summed E-state index contributed by atoms with van der Waals surface area (Å²) in [6.45, 7) is 2.71. The Morgan fingerprint density at radius 2 is 1.59 bits per heavy atom. The van der Waals surface area contributed by atoms with E-state index >= 15 is 0 Å². The van der Waals surface area contributed by atoms with Gasteiger partial charge in [0.1, 0.15) is 0 Å². The lowest BCUT2D eigenvalue weighted by atomic mass is 10.0. The number of likely N-dealkylation sites (N-methyl/N-ethyl adjacent to an activating group) is 1. The fourth-order valence-corrected chi connectivity index (χ4v) is 7.24. The molecule has 0 radical (unpaired) electrons. The smallest absolute Gasteiger partial charge is 0.245 e. The number of carbonyl (C=O) groups is 1. The number of hydrogen-bond acceptors (Lipinski definition) is 7. The molecule has 1 aliphatic rings. The van der Waals surface area contributed by atoms with E-state index in [0.717, 1.165) is 44.0 Å². The van der Waals surface area contributed by atoms with Crippen LogP contribution in [0.3, 0.4) is 0 Å². The first-order chi connectivity index (χ1) is 15.9. The van der Waals surface area contributed by atoms with E-state index in [1.54, 1.807) is 24.1 Å². The topological polar surface area (TPSA) is 121 Å². The predicted octanol–water partition coefficient (Wildman–Crippen LogP) is 1.83. The number of benzene rings is 2. The minimum Gasteiger partial charge on any atom is -0.399 e. The summed E-state index contributed by atoms with van der Waals surface area (Å²) in [7, 11) is -6.28. The molecule has 1 aliphatic heterocycles. The van der Waals surface area contributed by atoms with Crippen LogP contribution in [0.15, 0.2) is 48.5 Å². The minimum atomic E-state index is -4.03. The van der Waals surface area contributed by atoms with Crippen molar-refractivity contribution in [2.45, 2.75) is 25.3 Å². The SMILES string of the molecule is CN(C(=O)Cc1ccc(N(S(C)(=O)=O)S(C)(=O)=O)cc1)[C@H](CN1CCCC1)c1cccc(N)c1.